The molecule has 1 amide bonds. The summed E-state index contributed by atoms with van der Waals surface area (Å²) in [7, 11) is 0. The Morgan fingerprint density at radius 3 is 2.70 bits per heavy atom. The van der Waals surface area contributed by atoms with Crippen molar-refractivity contribution in [2.45, 2.75) is 33.3 Å². The maximum atomic E-state index is 12.2. The van der Waals surface area contributed by atoms with Crippen LogP contribution in [0.2, 0.25) is 0 Å². The van der Waals surface area contributed by atoms with Crippen LogP contribution >= 0.6 is 11.3 Å². The minimum atomic E-state index is -0.522. The van der Waals surface area contributed by atoms with E-state index in [0.29, 0.717) is 28.3 Å². The Labute approximate surface area is 159 Å². The van der Waals surface area contributed by atoms with Gasteiger partial charge in [0.2, 0.25) is 5.91 Å². The lowest BCUT2D eigenvalue weighted by Gasteiger charge is -2.07. The maximum absolute atomic E-state index is 12.2. The van der Waals surface area contributed by atoms with E-state index >= 15 is 0 Å². The second-order valence-electron chi connectivity index (χ2n) is 6.03. The molecule has 0 radical (unpaired) electrons. The first-order chi connectivity index (χ1) is 13.0. The summed E-state index contributed by atoms with van der Waals surface area (Å²) in [4.78, 5) is 41.7. The van der Waals surface area contributed by atoms with Crippen LogP contribution in [0.1, 0.15) is 40.7 Å². The van der Waals surface area contributed by atoms with E-state index in [1.54, 1.807) is 30.5 Å². The zero-order valence-electron chi connectivity index (χ0n) is 15.0. The maximum Gasteiger partial charge on any atom is 0.338 e. The Bertz CT molecular complexity index is 1040. The smallest absolute Gasteiger partial charge is 0.338 e. The minimum absolute atomic E-state index is 0.0654. The van der Waals surface area contributed by atoms with Gasteiger partial charge in [0.1, 0.15) is 6.61 Å². The number of hydrogen-bond donors (Lipinski definition) is 1. The molecule has 8 heteroatoms. The summed E-state index contributed by atoms with van der Waals surface area (Å²) in [6.07, 6.45) is 2.95. The second kappa shape index (κ2) is 8.13. The number of rotatable bonds is 6. The third-order valence-electron chi connectivity index (χ3n) is 3.77. The predicted molar refractivity (Wildman–Crippen MR) is 103 cm³/mol. The van der Waals surface area contributed by atoms with Gasteiger partial charge in [-0.25, -0.2) is 9.78 Å². The first-order valence-electron chi connectivity index (χ1n) is 8.52. The number of hydrogen-bond acceptors (Lipinski definition) is 6. The van der Waals surface area contributed by atoms with Gasteiger partial charge in [-0.1, -0.05) is 6.92 Å². The summed E-state index contributed by atoms with van der Waals surface area (Å²) in [6.45, 7) is 3.74. The summed E-state index contributed by atoms with van der Waals surface area (Å²) in [5.74, 6) is -0.588. The third kappa shape index (κ3) is 4.59. The van der Waals surface area contributed by atoms with Gasteiger partial charge in [0.15, 0.2) is 4.96 Å². The number of nitrogens with one attached hydrogen (secondary N) is 1. The van der Waals surface area contributed by atoms with Crippen molar-refractivity contribution in [3.63, 3.8) is 0 Å². The number of benzene rings is 1. The topological polar surface area (TPSA) is 89.8 Å². The molecule has 0 aliphatic carbocycles. The van der Waals surface area contributed by atoms with E-state index in [1.165, 1.54) is 21.8 Å². The molecule has 0 saturated heterocycles. The van der Waals surface area contributed by atoms with Gasteiger partial charge in [-0.2, -0.15) is 0 Å². The summed E-state index contributed by atoms with van der Waals surface area (Å²) in [6, 6.07) is 7.82. The molecular formula is C19H19N3O4S. The molecule has 2 aromatic heterocycles. The lowest BCUT2D eigenvalue weighted by Crippen LogP contribution is -2.15. The lowest BCUT2D eigenvalue weighted by atomic mass is 10.2. The van der Waals surface area contributed by atoms with E-state index in [-0.39, 0.29) is 18.1 Å². The molecule has 140 valence electrons. The number of carbonyl (C=O) groups is 2. The molecule has 0 aliphatic heterocycles. The van der Waals surface area contributed by atoms with Crippen LogP contribution in [0.5, 0.6) is 0 Å². The summed E-state index contributed by atoms with van der Waals surface area (Å²) in [5.41, 5.74) is 1.17. The van der Waals surface area contributed by atoms with Gasteiger partial charge >= 0.3 is 5.97 Å². The van der Waals surface area contributed by atoms with Gasteiger partial charge in [-0.3, -0.25) is 14.0 Å². The van der Waals surface area contributed by atoms with Crippen LogP contribution in [0.4, 0.5) is 5.69 Å². The Morgan fingerprint density at radius 2 is 2.00 bits per heavy atom. The van der Waals surface area contributed by atoms with Crippen molar-refractivity contribution in [1.29, 1.82) is 0 Å². The molecular weight excluding hydrogens is 366 g/mol. The molecule has 0 saturated carbocycles. The van der Waals surface area contributed by atoms with Gasteiger partial charge in [0.05, 0.1) is 11.3 Å². The fourth-order valence-corrected chi connectivity index (χ4v) is 3.35. The monoisotopic (exact) mass is 385 g/mol. The highest BCUT2D eigenvalue weighted by Crippen LogP contribution is 2.14. The molecule has 3 aromatic rings. The molecule has 0 aliphatic rings. The number of aromatic nitrogens is 2. The number of esters is 1. The van der Waals surface area contributed by atoms with Crippen molar-refractivity contribution < 1.29 is 14.3 Å². The molecule has 7 nitrogen and oxygen atoms in total. The van der Waals surface area contributed by atoms with Crippen LogP contribution in [0, 0.1) is 6.92 Å². The Hall–Kier alpha value is -3.00. The largest absolute Gasteiger partial charge is 0.456 e. The molecule has 3 rings (SSSR count). The molecule has 27 heavy (non-hydrogen) atoms. The first kappa shape index (κ1) is 18.8. The molecule has 0 atom stereocenters. The number of anilines is 1. The van der Waals surface area contributed by atoms with Crippen molar-refractivity contribution in [2.75, 3.05) is 5.32 Å². The zero-order valence-corrected chi connectivity index (χ0v) is 15.8. The van der Waals surface area contributed by atoms with Gasteiger partial charge in [-0.05, 0) is 37.6 Å². The fraction of sp³-hybridized carbons (Fsp3) is 0.263. The van der Waals surface area contributed by atoms with Gasteiger partial charge < -0.3 is 10.1 Å². The van der Waals surface area contributed by atoms with E-state index < -0.39 is 5.97 Å². The molecule has 2 heterocycles. The van der Waals surface area contributed by atoms with Gasteiger partial charge in [0.25, 0.3) is 5.56 Å². The third-order valence-corrected chi connectivity index (χ3v) is 4.67. The summed E-state index contributed by atoms with van der Waals surface area (Å²) in [5, 5.41) is 2.76. The molecule has 0 fully saturated rings. The Morgan fingerprint density at radius 1 is 1.26 bits per heavy atom. The Kier molecular flexibility index (Phi) is 5.66. The predicted octanol–water partition coefficient (Wildman–Crippen LogP) is 3.16. The van der Waals surface area contributed by atoms with Crippen LogP contribution in [-0.2, 0) is 16.1 Å². The van der Waals surface area contributed by atoms with Crippen LogP contribution in [-0.4, -0.2) is 21.3 Å². The highest BCUT2D eigenvalue weighted by molar-refractivity contribution is 7.16. The highest BCUT2D eigenvalue weighted by Gasteiger charge is 2.11. The van der Waals surface area contributed by atoms with E-state index in [1.807, 2.05) is 13.8 Å². The van der Waals surface area contributed by atoms with E-state index in [0.717, 1.165) is 11.3 Å². The fourth-order valence-electron chi connectivity index (χ4n) is 2.50. The van der Waals surface area contributed by atoms with Crippen LogP contribution < -0.4 is 10.9 Å². The molecule has 0 bridgehead atoms. The zero-order chi connectivity index (χ0) is 19.4. The van der Waals surface area contributed by atoms with Crippen molar-refractivity contribution in [2.24, 2.45) is 0 Å². The van der Waals surface area contributed by atoms with Crippen LogP contribution in [0.25, 0.3) is 4.96 Å². The van der Waals surface area contributed by atoms with E-state index in [4.69, 9.17) is 4.74 Å². The summed E-state index contributed by atoms with van der Waals surface area (Å²) < 4.78 is 6.72. The molecule has 0 spiro atoms. The van der Waals surface area contributed by atoms with E-state index in [9.17, 15) is 14.4 Å². The molecule has 1 N–H and O–H groups in total. The minimum Gasteiger partial charge on any atom is -0.456 e. The van der Waals surface area contributed by atoms with E-state index in [2.05, 4.69) is 10.3 Å². The quantitative estimate of drug-likeness (QED) is 0.658. The van der Waals surface area contributed by atoms with Gasteiger partial charge in [-0.15, -0.1) is 11.3 Å². The first-order valence-corrected chi connectivity index (χ1v) is 9.33. The number of amides is 1. The summed E-state index contributed by atoms with van der Waals surface area (Å²) >= 11 is 1.40. The van der Waals surface area contributed by atoms with Gasteiger partial charge in [0, 0.05) is 29.2 Å². The number of nitrogens with zero attached hydrogens (tertiary/aromatic N) is 2. The Balaban J connectivity index is 1.64. The number of carbonyl (C=O) groups excluding carboxylic acids is 2. The van der Waals surface area contributed by atoms with Crippen LogP contribution in [0.3, 0.4) is 0 Å². The van der Waals surface area contributed by atoms with Crippen molar-refractivity contribution in [1.82, 2.24) is 9.38 Å². The molecule has 0 unspecified atom stereocenters. The average Bonchev–Trinajstić information content (AvgIpc) is 3.01. The van der Waals surface area contributed by atoms with Crippen molar-refractivity contribution in [3.05, 3.63) is 63.0 Å². The number of ether oxygens (including phenoxy) is 1. The lowest BCUT2D eigenvalue weighted by molar-refractivity contribution is -0.116. The average molecular weight is 385 g/mol. The molecule has 1 aromatic carbocycles. The highest BCUT2D eigenvalue weighted by atomic mass is 32.1. The SMILES string of the molecule is CCCC(=O)Nc1ccc(C(=O)OCc2cc(=O)n3cc(C)sc3n2)cc1. The standard InChI is InChI=1S/C19H19N3O4S/c1-3-4-16(23)20-14-7-5-13(6-8-14)18(25)26-11-15-9-17(24)22-10-12(2)27-19(22)21-15/h5-10H,3-4,11H2,1-2H3,(H,20,23). The number of fused-ring (bicyclic) bond motifs is 1. The van der Waals surface area contributed by atoms with Crippen molar-refractivity contribution in [3.8, 4) is 0 Å². The number of thiazole rings is 1. The normalized spacial score (nSPS) is 10.7. The second-order valence-corrected chi connectivity index (χ2v) is 7.24. The van der Waals surface area contributed by atoms with Crippen molar-refractivity contribution >= 4 is 33.9 Å². The number of aryl methyl sites for hydroxylation is 1. The van der Waals surface area contributed by atoms with Crippen LogP contribution in [0.15, 0.2) is 41.3 Å².